The summed E-state index contributed by atoms with van der Waals surface area (Å²) in [6, 6.07) is 12.0. The summed E-state index contributed by atoms with van der Waals surface area (Å²) in [6.07, 6.45) is 0. The highest BCUT2D eigenvalue weighted by Gasteiger charge is 2.42. The van der Waals surface area contributed by atoms with Gasteiger partial charge in [-0.15, -0.1) is 0 Å². The third-order valence-electron chi connectivity index (χ3n) is 4.89. The van der Waals surface area contributed by atoms with Gasteiger partial charge < -0.3 is 20.1 Å². The largest absolute Gasteiger partial charge is 0.492 e. The Morgan fingerprint density at radius 1 is 1.12 bits per heavy atom. The van der Waals surface area contributed by atoms with Gasteiger partial charge in [0.2, 0.25) is 5.91 Å². The Labute approximate surface area is 194 Å². The van der Waals surface area contributed by atoms with Crippen LogP contribution in [-0.2, 0) is 9.59 Å². The standard InChI is InChI=1S/C25H31N3O5/c1-7-32-19-11-9-8-10-17(19)26-21(29)15-28-18-14-16(22(30)27-24(2,3)4)12-13-20(18)33-25(5,6)23(28)31/h8-14H,7,15H2,1-6H3,(H,26,29)(H,27,30). The number of fused-ring (bicyclic) bond motifs is 1. The molecule has 8 heteroatoms. The van der Waals surface area contributed by atoms with E-state index in [2.05, 4.69) is 10.6 Å². The van der Waals surface area contributed by atoms with E-state index >= 15 is 0 Å². The van der Waals surface area contributed by atoms with Gasteiger partial charge in [-0.2, -0.15) is 0 Å². The Balaban J connectivity index is 1.90. The summed E-state index contributed by atoms with van der Waals surface area (Å²) in [7, 11) is 0. The first kappa shape index (κ1) is 24.1. The first-order valence-electron chi connectivity index (χ1n) is 10.9. The molecule has 0 atom stereocenters. The number of nitrogens with one attached hydrogen (secondary N) is 2. The van der Waals surface area contributed by atoms with Crippen molar-refractivity contribution >= 4 is 29.1 Å². The van der Waals surface area contributed by atoms with Crippen LogP contribution in [0.1, 0.15) is 51.9 Å². The lowest BCUT2D eigenvalue weighted by Gasteiger charge is -2.38. The summed E-state index contributed by atoms with van der Waals surface area (Å²) in [6.45, 7) is 11.0. The zero-order valence-corrected chi connectivity index (χ0v) is 19.9. The number of rotatable bonds is 6. The third kappa shape index (κ3) is 5.63. The molecule has 0 aromatic heterocycles. The monoisotopic (exact) mass is 453 g/mol. The molecule has 0 saturated heterocycles. The number of para-hydroxylation sites is 2. The van der Waals surface area contributed by atoms with Crippen molar-refractivity contribution in [1.82, 2.24) is 5.32 Å². The van der Waals surface area contributed by atoms with E-state index in [1.807, 2.05) is 33.8 Å². The minimum atomic E-state index is -1.16. The third-order valence-corrected chi connectivity index (χ3v) is 4.89. The average molecular weight is 454 g/mol. The average Bonchev–Trinajstić information content (AvgIpc) is 2.71. The molecule has 1 heterocycles. The van der Waals surface area contributed by atoms with Gasteiger partial charge in [-0.1, -0.05) is 12.1 Å². The molecule has 2 aromatic rings. The van der Waals surface area contributed by atoms with Crippen LogP contribution in [0.15, 0.2) is 42.5 Å². The fraction of sp³-hybridized carbons (Fsp3) is 0.400. The quantitative estimate of drug-likeness (QED) is 0.694. The zero-order valence-electron chi connectivity index (χ0n) is 19.9. The van der Waals surface area contributed by atoms with Crippen molar-refractivity contribution in [1.29, 1.82) is 0 Å². The Morgan fingerprint density at radius 2 is 1.82 bits per heavy atom. The molecule has 2 aromatic carbocycles. The van der Waals surface area contributed by atoms with Crippen LogP contribution in [0.4, 0.5) is 11.4 Å². The second kappa shape index (κ2) is 9.13. The van der Waals surface area contributed by atoms with E-state index in [4.69, 9.17) is 9.47 Å². The van der Waals surface area contributed by atoms with Crippen LogP contribution >= 0.6 is 0 Å². The number of nitrogens with zero attached hydrogens (tertiary/aromatic N) is 1. The number of carbonyl (C=O) groups excluding carboxylic acids is 3. The second-order valence-corrected chi connectivity index (χ2v) is 9.37. The fourth-order valence-corrected chi connectivity index (χ4v) is 3.46. The normalized spacial score (nSPS) is 14.7. The van der Waals surface area contributed by atoms with Gasteiger partial charge >= 0.3 is 0 Å². The van der Waals surface area contributed by atoms with E-state index in [1.165, 1.54) is 4.90 Å². The van der Waals surface area contributed by atoms with Crippen LogP contribution in [-0.4, -0.2) is 42.0 Å². The molecule has 0 bridgehead atoms. The molecule has 3 amide bonds. The fourth-order valence-electron chi connectivity index (χ4n) is 3.46. The molecule has 0 saturated carbocycles. The first-order chi connectivity index (χ1) is 15.4. The van der Waals surface area contributed by atoms with Crippen molar-refractivity contribution in [2.75, 3.05) is 23.4 Å². The molecular weight excluding hydrogens is 422 g/mol. The maximum Gasteiger partial charge on any atom is 0.271 e. The predicted molar refractivity (Wildman–Crippen MR) is 127 cm³/mol. The van der Waals surface area contributed by atoms with Gasteiger partial charge in [-0.25, -0.2) is 0 Å². The summed E-state index contributed by atoms with van der Waals surface area (Å²) in [5.41, 5.74) is -0.329. The lowest BCUT2D eigenvalue weighted by Crippen LogP contribution is -2.54. The summed E-state index contributed by atoms with van der Waals surface area (Å²) in [5, 5.41) is 5.71. The van der Waals surface area contributed by atoms with E-state index in [0.29, 0.717) is 35.0 Å². The first-order valence-corrected chi connectivity index (χ1v) is 10.9. The highest BCUT2D eigenvalue weighted by atomic mass is 16.5. The van der Waals surface area contributed by atoms with Crippen LogP contribution < -0.4 is 25.0 Å². The molecule has 8 nitrogen and oxygen atoms in total. The van der Waals surface area contributed by atoms with E-state index in [1.54, 1.807) is 50.2 Å². The van der Waals surface area contributed by atoms with Gasteiger partial charge in [0.05, 0.1) is 18.0 Å². The van der Waals surface area contributed by atoms with Crippen molar-refractivity contribution in [3.05, 3.63) is 48.0 Å². The van der Waals surface area contributed by atoms with Crippen LogP contribution in [0, 0.1) is 0 Å². The highest BCUT2D eigenvalue weighted by molar-refractivity contribution is 6.09. The van der Waals surface area contributed by atoms with E-state index in [0.717, 1.165) is 0 Å². The van der Waals surface area contributed by atoms with Crippen molar-refractivity contribution < 1.29 is 23.9 Å². The number of benzene rings is 2. The smallest absolute Gasteiger partial charge is 0.271 e. The van der Waals surface area contributed by atoms with Gasteiger partial charge in [0.1, 0.15) is 18.0 Å². The molecule has 0 radical (unpaired) electrons. The molecule has 3 rings (SSSR count). The topological polar surface area (TPSA) is 97.0 Å². The lowest BCUT2D eigenvalue weighted by molar-refractivity contribution is -0.133. The molecule has 176 valence electrons. The molecule has 0 unspecified atom stereocenters. The zero-order chi connectivity index (χ0) is 24.4. The van der Waals surface area contributed by atoms with Crippen molar-refractivity contribution in [3.63, 3.8) is 0 Å². The second-order valence-electron chi connectivity index (χ2n) is 9.37. The number of ether oxygens (including phenoxy) is 2. The number of amides is 3. The summed E-state index contributed by atoms with van der Waals surface area (Å²) >= 11 is 0. The van der Waals surface area contributed by atoms with Crippen LogP contribution in [0.2, 0.25) is 0 Å². The van der Waals surface area contributed by atoms with E-state index < -0.39 is 17.0 Å². The minimum absolute atomic E-state index is 0.247. The Hall–Kier alpha value is -3.55. The Morgan fingerprint density at radius 3 is 2.48 bits per heavy atom. The highest BCUT2D eigenvalue weighted by Crippen LogP contribution is 2.38. The van der Waals surface area contributed by atoms with Crippen LogP contribution in [0.25, 0.3) is 0 Å². The summed E-state index contributed by atoms with van der Waals surface area (Å²) < 4.78 is 11.4. The van der Waals surface area contributed by atoms with Gasteiger partial charge in [0.15, 0.2) is 5.60 Å². The molecule has 0 aliphatic carbocycles. The van der Waals surface area contributed by atoms with E-state index in [-0.39, 0.29) is 18.4 Å². The molecule has 0 fully saturated rings. The summed E-state index contributed by atoms with van der Waals surface area (Å²) in [4.78, 5) is 40.1. The lowest BCUT2D eigenvalue weighted by atomic mass is 10.0. The SMILES string of the molecule is CCOc1ccccc1NC(=O)CN1C(=O)C(C)(C)Oc2ccc(C(=O)NC(C)(C)C)cc21. The molecule has 0 spiro atoms. The van der Waals surface area contributed by atoms with Crippen molar-refractivity contribution in [2.24, 2.45) is 0 Å². The van der Waals surface area contributed by atoms with Gasteiger partial charge in [0, 0.05) is 11.1 Å². The maximum absolute atomic E-state index is 13.2. The molecule has 33 heavy (non-hydrogen) atoms. The number of hydrogen-bond donors (Lipinski definition) is 2. The number of anilines is 2. The predicted octanol–water partition coefficient (Wildman–Crippen LogP) is 3.76. The summed E-state index contributed by atoms with van der Waals surface area (Å²) in [5.74, 6) is -0.0871. The Kier molecular flexibility index (Phi) is 6.67. The molecule has 2 N–H and O–H groups in total. The molecule has 1 aliphatic heterocycles. The maximum atomic E-state index is 13.2. The van der Waals surface area contributed by atoms with Crippen LogP contribution in [0.5, 0.6) is 11.5 Å². The van der Waals surface area contributed by atoms with Crippen molar-refractivity contribution in [2.45, 2.75) is 52.7 Å². The number of hydrogen-bond acceptors (Lipinski definition) is 5. The molecule has 1 aliphatic rings. The van der Waals surface area contributed by atoms with Crippen LogP contribution in [0.3, 0.4) is 0 Å². The van der Waals surface area contributed by atoms with Crippen molar-refractivity contribution in [3.8, 4) is 11.5 Å². The Bertz CT molecular complexity index is 1070. The van der Waals surface area contributed by atoms with E-state index in [9.17, 15) is 14.4 Å². The van der Waals surface area contributed by atoms with Gasteiger partial charge in [0.25, 0.3) is 11.8 Å². The van der Waals surface area contributed by atoms with Gasteiger partial charge in [-0.05, 0) is 71.9 Å². The van der Waals surface area contributed by atoms with Gasteiger partial charge in [-0.3, -0.25) is 19.3 Å². The minimum Gasteiger partial charge on any atom is -0.492 e. The molecular formula is C25H31N3O5. The number of carbonyl (C=O) groups is 3.